The van der Waals surface area contributed by atoms with Gasteiger partial charge in [-0.3, -0.25) is 0 Å². The summed E-state index contributed by atoms with van der Waals surface area (Å²) < 4.78 is 15.9. The molecule has 0 radical (unpaired) electrons. The van der Waals surface area contributed by atoms with Gasteiger partial charge in [0.1, 0.15) is 0 Å². The average Bonchev–Trinajstić information content (AvgIpc) is 3.22. The van der Waals surface area contributed by atoms with Crippen LogP contribution < -0.4 is 0 Å². The molecule has 0 aliphatic heterocycles. The van der Waals surface area contributed by atoms with Gasteiger partial charge in [0.15, 0.2) is 0 Å². The SMILES string of the molecule is CO[Si](C[c-]1cccc1)(OC)OC.[CH2-]CCCC.[CH2-]CCCC.[CH2-]CCCC.[Pt+4]. The van der Waals surface area contributed by atoms with E-state index in [1.807, 2.05) is 24.3 Å². The molecule has 0 unspecified atom stereocenters. The van der Waals surface area contributed by atoms with E-state index in [0.717, 1.165) is 25.3 Å². The van der Waals surface area contributed by atoms with Crippen LogP contribution in [0.5, 0.6) is 0 Å². The molecule has 5 heteroatoms. The van der Waals surface area contributed by atoms with E-state index in [0.29, 0.717) is 0 Å². The molecule has 0 saturated heterocycles. The largest absolute Gasteiger partial charge is 4.00 e. The Hall–Kier alpha value is 0.135. The third-order valence-electron chi connectivity index (χ3n) is 3.90. The smallest absolute Gasteiger partial charge is 0.377 e. The van der Waals surface area contributed by atoms with Gasteiger partial charge in [-0.15, -0.1) is 0 Å². The molecule has 0 fully saturated rings. The van der Waals surface area contributed by atoms with Gasteiger partial charge in [-0.25, -0.2) is 12.1 Å². The Balaban J connectivity index is -0.000000164. The van der Waals surface area contributed by atoms with E-state index in [1.54, 1.807) is 21.3 Å². The van der Waals surface area contributed by atoms with Gasteiger partial charge in [0.25, 0.3) is 0 Å². The monoisotopic (exact) mass is 607 g/mol. The summed E-state index contributed by atoms with van der Waals surface area (Å²) in [5, 5.41) is 0. The quantitative estimate of drug-likeness (QED) is 0.194. The minimum absolute atomic E-state index is 0. The van der Waals surface area contributed by atoms with Crippen molar-refractivity contribution in [2.24, 2.45) is 0 Å². The first-order valence-corrected chi connectivity index (χ1v) is 12.7. The van der Waals surface area contributed by atoms with Crippen LogP contribution in [0.1, 0.15) is 84.1 Å². The molecule has 0 amide bonds. The van der Waals surface area contributed by atoms with Gasteiger partial charge in [0.05, 0.1) is 0 Å². The molecule has 0 spiro atoms. The number of rotatable bonds is 11. The van der Waals surface area contributed by atoms with E-state index in [1.165, 1.54) is 44.1 Å². The second-order valence-electron chi connectivity index (χ2n) is 6.39. The van der Waals surface area contributed by atoms with Crippen LogP contribution in [0.4, 0.5) is 0 Å². The minimum Gasteiger partial charge on any atom is -0.377 e. The Labute approximate surface area is 199 Å². The van der Waals surface area contributed by atoms with Crippen LogP contribution in [0.2, 0.25) is 0 Å². The molecular weight excluding hydrogens is 559 g/mol. The molecule has 29 heavy (non-hydrogen) atoms. The fourth-order valence-corrected chi connectivity index (χ4v) is 3.67. The summed E-state index contributed by atoms with van der Waals surface area (Å²) in [6, 6.07) is 8.80. The third kappa shape index (κ3) is 26.1. The van der Waals surface area contributed by atoms with Crippen LogP contribution in [-0.2, 0) is 40.4 Å². The normalized spacial score (nSPS) is 9.69. The summed E-state index contributed by atoms with van der Waals surface area (Å²) >= 11 is 0. The number of hydrogen-bond acceptors (Lipinski definition) is 3. The molecule has 176 valence electrons. The van der Waals surface area contributed by atoms with E-state index in [4.69, 9.17) is 13.3 Å². The van der Waals surface area contributed by atoms with Crippen LogP contribution in [-0.4, -0.2) is 30.1 Å². The van der Waals surface area contributed by atoms with Crippen molar-refractivity contribution < 1.29 is 34.3 Å². The molecule has 0 aliphatic carbocycles. The van der Waals surface area contributed by atoms with Gasteiger partial charge in [0, 0.05) is 21.3 Å². The fraction of sp³-hybridized carbons (Fsp3) is 0.667. The van der Waals surface area contributed by atoms with Crippen molar-refractivity contribution in [3.05, 3.63) is 50.6 Å². The van der Waals surface area contributed by atoms with Crippen molar-refractivity contribution in [2.45, 2.75) is 84.6 Å². The van der Waals surface area contributed by atoms with Crippen molar-refractivity contribution in [1.82, 2.24) is 0 Å². The summed E-state index contributed by atoms with van der Waals surface area (Å²) in [4.78, 5) is 0. The molecule has 0 heterocycles. The molecular formula is C24H48O3PtSi. The minimum atomic E-state index is -2.42. The van der Waals surface area contributed by atoms with Crippen molar-refractivity contribution in [1.29, 1.82) is 0 Å². The summed E-state index contributed by atoms with van der Waals surface area (Å²) in [6.07, 6.45) is 11.0. The van der Waals surface area contributed by atoms with Gasteiger partial charge < -0.3 is 34.0 Å². The van der Waals surface area contributed by atoms with Crippen LogP contribution in [0, 0.1) is 20.8 Å². The molecule has 0 atom stereocenters. The maximum absolute atomic E-state index is 5.30. The van der Waals surface area contributed by atoms with Crippen LogP contribution in [0.15, 0.2) is 24.3 Å². The molecule has 0 aliphatic rings. The van der Waals surface area contributed by atoms with Gasteiger partial charge >= 0.3 is 29.9 Å². The van der Waals surface area contributed by atoms with Crippen LogP contribution >= 0.6 is 0 Å². The van der Waals surface area contributed by atoms with Gasteiger partial charge in [-0.1, -0.05) is 59.3 Å². The summed E-state index contributed by atoms with van der Waals surface area (Å²) in [5.41, 5.74) is 1.19. The Bertz CT molecular complexity index is 326. The third-order valence-corrected chi connectivity index (χ3v) is 6.60. The van der Waals surface area contributed by atoms with Crippen molar-refractivity contribution in [3.63, 3.8) is 0 Å². The topological polar surface area (TPSA) is 27.7 Å². The van der Waals surface area contributed by atoms with Crippen molar-refractivity contribution >= 4 is 8.80 Å². The fourth-order valence-electron chi connectivity index (χ4n) is 2.00. The molecule has 3 nitrogen and oxygen atoms in total. The Kier molecular flexibility index (Phi) is 38.2. The molecule has 1 rings (SSSR count). The Morgan fingerprint density at radius 1 is 0.690 bits per heavy atom. The zero-order valence-corrected chi connectivity index (χ0v) is 23.3. The molecule has 1 aromatic rings. The van der Waals surface area contributed by atoms with Gasteiger partial charge in [-0.2, -0.15) is 37.0 Å². The maximum Gasteiger partial charge on any atom is 4.00 e. The first kappa shape index (κ1) is 36.5. The molecule has 0 saturated carbocycles. The van der Waals surface area contributed by atoms with Crippen LogP contribution in [0.3, 0.4) is 0 Å². The van der Waals surface area contributed by atoms with E-state index in [9.17, 15) is 0 Å². The van der Waals surface area contributed by atoms with E-state index in [2.05, 4.69) is 41.5 Å². The van der Waals surface area contributed by atoms with Crippen LogP contribution in [0.25, 0.3) is 0 Å². The molecule has 1 aromatic carbocycles. The zero-order valence-electron chi connectivity index (χ0n) is 20.0. The maximum atomic E-state index is 5.30. The van der Waals surface area contributed by atoms with Gasteiger partial charge in [-0.05, 0) is 6.04 Å². The summed E-state index contributed by atoms with van der Waals surface area (Å²) in [7, 11) is 2.46. The predicted octanol–water partition coefficient (Wildman–Crippen LogP) is 7.39. The predicted molar refractivity (Wildman–Crippen MR) is 127 cm³/mol. The Morgan fingerprint density at radius 3 is 1.17 bits per heavy atom. The second kappa shape index (κ2) is 30.3. The summed E-state index contributed by atoms with van der Waals surface area (Å²) in [5.74, 6) is 0. The zero-order chi connectivity index (χ0) is 22.1. The number of unbranched alkanes of at least 4 members (excludes halogenated alkanes) is 6. The van der Waals surface area contributed by atoms with Gasteiger partial charge in [0.2, 0.25) is 0 Å². The molecule has 0 aromatic heterocycles. The Morgan fingerprint density at radius 2 is 1.00 bits per heavy atom. The summed E-state index contributed by atoms with van der Waals surface area (Å²) in [6.45, 7) is 17.5. The molecule has 0 N–H and O–H groups in total. The average molecular weight is 608 g/mol. The first-order chi connectivity index (χ1) is 13.5. The number of hydrogen-bond donors (Lipinski definition) is 0. The van der Waals surface area contributed by atoms with E-state index < -0.39 is 8.80 Å². The van der Waals surface area contributed by atoms with Crippen molar-refractivity contribution in [3.8, 4) is 0 Å². The second-order valence-corrected chi connectivity index (χ2v) is 9.33. The standard InChI is InChI=1S/C9H15O3Si.3C5H11.Pt/c1-10-13(11-2,12-3)8-9-6-4-5-7-9;3*1-3-5-4-2;/h4-7H,8H2,1-3H3;3*1,3-5H2,2H3;/q4*-1;+4. The first-order valence-electron chi connectivity index (χ1n) is 10.7. The molecule has 0 bridgehead atoms. The van der Waals surface area contributed by atoms with E-state index in [-0.39, 0.29) is 21.1 Å². The van der Waals surface area contributed by atoms with E-state index >= 15 is 0 Å². The van der Waals surface area contributed by atoms with Crippen molar-refractivity contribution in [2.75, 3.05) is 21.3 Å².